The number of rotatable bonds is 2. The van der Waals surface area contributed by atoms with E-state index in [0.717, 1.165) is 54.2 Å². The molecular weight excluding hydrogens is 519 g/mol. The minimum absolute atomic E-state index is 0.00954. The summed E-state index contributed by atoms with van der Waals surface area (Å²) in [5.41, 5.74) is 3.65. The van der Waals surface area contributed by atoms with Crippen molar-refractivity contribution in [1.82, 2.24) is 20.6 Å². The monoisotopic (exact) mass is 555 g/mol. The van der Waals surface area contributed by atoms with Crippen molar-refractivity contribution in [3.63, 3.8) is 0 Å². The molecule has 0 amide bonds. The summed E-state index contributed by atoms with van der Waals surface area (Å²) in [6.07, 6.45) is -3.28. The highest BCUT2D eigenvalue weighted by Crippen LogP contribution is 2.22. The summed E-state index contributed by atoms with van der Waals surface area (Å²) in [4.78, 5) is 8.76. The van der Waals surface area contributed by atoms with Gasteiger partial charge in [0.25, 0.3) is 0 Å². The molecule has 10 heteroatoms. The third-order valence-corrected chi connectivity index (χ3v) is 6.34. The summed E-state index contributed by atoms with van der Waals surface area (Å²) in [7, 11) is 0. The Hall–Kier alpha value is -3.79. The first-order valence-corrected chi connectivity index (χ1v) is 13.3. The predicted molar refractivity (Wildman–Crippen MR) is 150 cm³/mol. The number of nitrogens with zero attached hydrogens (tertiary/aromatic N) is 2. The van der Waals surface area contributed by atoms with E-state index in [4.69, 9.17) is 9.47 Å². The van der Waals surface area contributed by atoms with Gasteiger partial charge >= 0.3 is 6.18 Å². The Morgan fingerprint density at radius 3 is 2.42 bits per heavy atom. The van der Waals surface area contributed by atoms with Crippen molar-refractivity contribution < 1.29 is 22.6 Å². The Kier molecular flexibility index (Phi) is 9.52. The van der Waals surface area contributed by atoms with E-state index in [2.05, 4.69) is 46.3 Å². The number of halogens is 3. The van der Waals surface area contributed by atoms with E-state index < -0.39 is 12.8 Å². The minimum Gasteiger partial charge on any atom is -0.494 e. The molecule has 0 spiro atoms. The molecule has 5 heterocycles. The molecule has 2 aromatic carbocycles. The van der Waals surface area contributed by atoms with Crippen molar-refractivity contribution in [2.45, 2.75) is 39.4 Å². The van der Waals surface area contributed by atoms with Gasteiger partial charge in [-0.15, -0.1) is 0 Å². The van der Waals surface area contributed by atoms with E-state index in [1.54, 1.807) is 0 Å². The molecule has 3 N–H and O–H groups in total. The lowest BCUT2D eigenvalue weighted by Gasteiger charge is -2.27. The van der Waals surface area contributed by atoms with Crippen molar-refractivity contribution in [2.75, 3.05) is 38.2 Å². The lowest BCUT2D eigenvalue weighted by Crippen LogP contribution is -2.38. The van der Waals surface area contributed by atoms with Crippen LogP contribution in [0.1, 0.15) is 42.8 Å². The summed E-state index contributed by atoms with van der Waals surface area (Å²) >= 11 is 0. The fourth-order valence-electron chi connectivity index (χ4n) is 4.10. The molecule has 6 bridgehead atoms. The van der Waals surface area contributed by atoms with Crippen LogP contribution in [0, 0.1) is 5.41 Å². The Morgan fingerprint density at radius 1 is 0.975 bits per heavy atom. The van der Waals surface area contributed by atoms with Crippen molar-refractivity contribution in [3.8, 4) is 11.6 Å². The molecule has 0 aliphatic carbocycles. The Labute approximate surface area is 233 Å². The van der Waals surface area contributed by atoms with Gasteiger partial charge in [0.15, 0.2) is 6.61 Å². The largest absolute Gasteiger partial charge is 0.494 e. The van der Waals surface area contributed by atoms with Gasteiger partial charge in [0, 0.05) is 37.8 Å². The van der Waals surface area contributed by atoms with Gasteiger partial charge in [-0.05, 0) is 47.2 Å². The number of aromatic nitrogens is 2. The second-order valence-corrected chi connectivity index (χ2v) is 10.7. The smallest absolute Gasteiger partial charge is 0.422 e. The first kappa shape index (κ1) is 29.2. The molecule has 0 saturated carbocycles. The molecule has 4 aliphatic rings. The van der Waals surface area contributed by atoms with Crippen LogP contribution in [0.15, 0.2) is 61.2 Å². The fourth-order valence-corrected chi connectivity index (χ4v) is 4.10. The van der Waals surface area contributed by atoms with Gasteiger partial charge in [-0.25, -0.2) is 4.98 Å². The fraction of sp³-hybridized carbons (Fsp3) is 0.400. The van der Waals surface area contributed by atoms with Gasteiger partial charge in [0.2, 0.25) is 5.88 Å². The van der Waals surface area contributed by atoms with Gasteiger partial charge in [0.1, 0.15) is 17.4 Å². The summed E-state index contributed by atoms with van der Waals surface area (Å²) in [6.45, 7) is 10.6. The van der Waals surface area contributed by atoms with Crippen LogP contribution in [0.5, 0.6) is 11.6 Å². The topological polar surface area (TPSA) is 80.3 Å². The maximum absolute atomic E-state index is 12.8. The van der Waals surface area contributed by atoms with Crippen LogP contribution in [0.3, 0.4) is 0 Å². The van der Waals surface area contributed by atoms with Crippen molar-refractivity contribution in [2.24, 2.45) is 5.41 Å². The molecule has 0 unspecified atom stereocenters. The summed E-state index contributed by atoms with van der Waals surface area (Å²) < 4.78 is 49.2. The quantitative estimate of drug-likeness (QED) is 0.381. The highest BCUT2D eigenvalue weighted by molar-refractivity contribution is 5.61. The molecule has 4 aliphatic heterocycles. The number of benzene rings is 2. The van der Waals surface area contributed by atoms with Crippen molar-refractivity contribution in [1.29, 1.82) is 0 Å². The summed E-state index contributed by atoms with van der Waals surface area (Å²) in [6, 6.07) is 16.9. The third kappa shape index (κ3) is 9.44. The predicted octanol–water partition coefficient (Wildman–Crippen LogP) is 5.58. The molecule has 7 rings (SSSR count). The Bertz CT molecular complexity index is 1260. The van der Waals surface area contributed by atoms with Crippen molar-refractivity contribution in [3.05, 3.63) is 83.7 Å². The van der Waals surface area contributed by atoms with Crippen LogP contribution in [0.2, 0.25) is 0 Å². The molecule has 1 aromatic heterocycles. The average Bonchev–Trinajstić information content (AvgIpc) is 2.91. The van der Waals surface area contributed by atoms with E-state index in [0.29, 0.717) is 31.2 Å². The first-order valence-electron chi connectivity index (χ1n) is 13.3. The second kappa shape index (κ2) is 13.0. The molecule has 40 heavy (non-hydrogen) atoms. The van der Waals surface area contributed by atoms with Gasteiger partial charge in [0.05, 0.1) is 6.61 Å². The molecule has 0 fully saturated rings. The van der Waals surface area contributed by atoms with Gasteiger partial charge in [-0.1, -0.05) is 56.8 Å². The first-order chi connectivity index (χ1) is 19.0. The van der Waals surface area contributed by atoms with Crippen LogP contribution in [0.25, 0.3) is 5.70 Å². The molecule has 0 saturated heterocycles. The van der Waals surface area contributed by atoms with Crippen molar-refractivity contribution >= 4 is 11.5 Å². The number of hydrogen-bond acceptors (Lipinski definition) is 7. The van der Waals surface area contributed by atoms with Crippen LogP contribution in [0.4, 0.5) is 19.0 Å². The maximum Gasteiger partial charge on any atom is 0.422 e. The number of ether oxygens (including phenoxy) is 2. The van der Waals surface area contributed by atoms with Gasteiger partial charge in [-0.2, -0.15) is 18.2 Å². The molecule has 214 valence electrons. The highest BCUT2D eigenvalue weighted by Gasteiger charge is 2.29. The summed E-state index contributed by atoms with van der Waals surface area (Å²) in [5, 5.41) is 10.1. The number of hydrogen-bond donors (Lipinski definition) is 3. The lowest BCUT2D eigenvalue weighted by molar-refractivity contribution is -0.154. The van der Waals surface area contributed by atoms with E-state index in [-0.39, 0.29) is 11.3 Å². The Morgan fingerprint density at radius 2 is 1.70 bits per heavy atom. The number of alkyl halides is 3. The Balaban J connectivity index is 1.56. The molecule has 0 atom stereocenters. The maximum atomic E-state index is 12.8. The SMILES string of the molecule is C=C1NCC(C)(C)CNCCCOc2ccc(cc2)CNc2cc(OCC(F)(F)F)nc(n2)Cc2ccc1cc2. The van der Waals surface area contributed by atoms with Crippen LogP contribution in [-0.2, 0) is 13.0 Å². The van der Waals surface area contributed by atoms with Gasteiger partial charge in [-0.3, -0.25) is 0 Å². The van der Waals surface area contributed by atoms with Crippen LogP contribution in [-0.4, -0.2) is 49.0 Å². The lowest BCUT2D eigenvalue weighted by atomic mass is 9.93. The normalized spacial score (nSPS) is 16.8. The molecule has 7 nitrogen and oxygen atoms in total. The van der Waals surface area contributed by atoms with E-state index in [1.807, 2.05) is 48.5 Å². The average molecular weight is 556 g/mol. The number of nitrogens with one attached hydrogen (secondary N) is 3. The van der Waals surface area contributed by atoms with Crippen LogP contribution >= 0.6 is 0 Å². The standard InChI is InChI=1S/C30H36F3N5O2/c1-21-24-9-5-22(6-10-24)15-27-37-26(16-28(38-27)40-20-30(31,32)33)35-17-23-7-11-25(12-8-23)39-14-4-13-34-18-29(2,3)19-36-21/h5-12,16,34,36H,1,4,13-15,17-20H2,2-3H3,(H,35,37,38). The van der Waals surface area contributed by atoms with E-state index in [1.165, 1.54) is 6.07 Å². The number of anilines is 1. The van der Waals surface area contributed by atoms with E-state index >= 15 is 0 Å². The highest BCUT2D eigenvalue weighted by atomic mass is 19.4. The van der Waals surface area contributed by atoms with Crippen LogP contribution < -0.4 is 25.4 Å². The third-order valence-electron chi connectivity index (χ3n) is 6.34. The molecule has 0 radical (unpaired) electrons. The molecular formula is C30H36F3N5O2. The van der Waals surface area contributed by atoms with Gasteiger partial charge < -0.3 is 25.4 Å². The summed E-state index contributed by atoms with van der Waals surface area (Å²) in [5.74, 6) is 1.36. The zero-order valence-corrected chi connectivity index (χ0v) is 22.9. The van der Waals surface area contributed by atoms with E-state index in [9.17, 15) is 13.2 Å². The molecule has 3 aromatic rings. The zero-order chi connectivity index (χ0) is 28.6. The second-order valence-electron chi connectivity index (χ2n) is 10.7. The minimum atomic E-state index is -4.47. The zero-order valence-electron chi connectivity index (χ0n) is 22.9.